The second kappa shape index (κ2) is 10.5. The van der Waals surface area contributed by atoms with Gasteiger partial charge in [-0.05, 0) is 68.8 Å². The Kier molecular flexibility index (Phi) is 7.00. The molecule has 2 saturated heterocycles. The molecule has 2 aromatic heterocycles. The van der Waals surface area contributed by atoms with Gasteiger partial charge in [-0.15, -0.1) is 0 Å². The van der Waals surface area contributed by atoms with E-state index in [4.69, 9.17) is 0 Å². The van der Waals surface area contributed by atoms with Gasteiger partial charge in [-0.3, -0.25) is 9.69 Å². The van der Waals surface area contributed by atoms with Gasteiger partial charge in [0.05, 0.1) is 11.9 Å². The van der Waals surface area contributed by atoms with E-state index in [1.54, 1.807) is 0 Å². The Morgan fingerprint density at radius 1 is 1.11 bits per heavy atom. The summed E-state index contributed by atoms with van der Waals surface area (Å²) < 4.78 is 2.00. The largest absolute Gasteiger partial charge is 0.480 e. The van der Waals surface area contributed by atoms with Crippen LogP contribution in [-0.4, -0.2) is 74.2 Å². The normalized spacial score (nSPS) is 24.9. The number of carbonyl (C=O) groups is 1. The number of imidazole rings is 1. The van der Waals surface area contributed by atoms with Crippen molar-refractivity contribution >= 4 is 11.6 Å². The second-order valence-corrected chi connectivity index (χ2v) is 11.7. The quantitative estimate of drug-likeness (QED) is 0.487. The van der Waals surface area contributed by atoms with E-state index >= 15 is 0 Å². The fraction of sp³-hybridized carbons (Fsp3) is 0.567. The Labute approximate surface area is 219 Å². The van der Waals surface area contributed by atoms with Crippen molar-refractivity contribution in [2.24, 2.45) is 11.8 Å². The van der Waals surface area contributed by atoms with Gasteiger partial charge in [0.1, 0.15) is 6.04 Å². The minimum absolute atomic E-state index is 0.351. The smallest absolute Gasteiger partial charge is 0.320 e. The zero-order valence-electron chi connectivity index (χ0n) is 21.9. The Bertz CT molecular complexity index is 1230. The molecule has 3 aliphatic rings. The van der Waals surface area contributed by atoms with E-state index in [-0.39, 0.29) is 6.04 Å². The van der Waals surface area contributed by atoms with E-state index in [2.05, 4.69) is 51.1 Å². The van der Waals surface area contributed by atoms with Gasteiger partial charge in [-0.1, -0.05) is 49.1 Å². The molecule has 0 amide bonds. The van der Waals surface area contributed by atoms with E-state index in [0.717, 1.165) is 57.6 Å². The molecule has 1 saturated carbocycles. The molecular weight excluding hydrogens is 462 g/mol. The number of aryl methyl sites for hydroxylation is 1. The minimum atomic E-state index is -0.641. The summed E-state index contributed by atoms with van der Waals surface area (Å²) in [7, 11) is 0. The molecule has 1 N–H and O–H groups in total. The summed E-state index contributed by atoms with van der Waals surface area (Å²) in [6, 6.07) is 12.5. The van der Waals surface area contributed by atoms with Crippen molar-refractivity contribution in [3.8, 4) is 0 Å². The van der Waals surface area contributed by atoms with Crippen LogP contribution in [0, 0.1) is 18.8 Å². The van der Waals surface area contributed by atoms with Gasteiger partial charge in [0.25, 0.3) is 0 Å². The first-order valence-corrected chi connectivity index (χ1v) is 14.1. The number of rotatable bonds is 8. The van der Waals surface area contributed by atoms with Gasteiger partial charge in [0.15, 0.2) is 5.65 Å². The second-order valence-electron chi connectivity index (χ2n) is 11.7. The van der Waals surface area contributed by atoms with E-state index in [0.29, 0.717) is 23.7 Å². The van der Waals surface area contributed by atoms with E-state index in [1.165, 1.54) is 36.1 Å². The van der Waals surface area contributed by atoms with Crippen molar-refractivity contribution < 1.29 is 9.90 Å². The number of carboxylic acid groups (broad SMARTS) is 1. The van der Waals surface area contributed by atoms with Gasteiger partial charge in [-0.25, -0.2) is 9.50 Å². The predicted molar refractivity (Wildman–Crippen MR) is 144 cm³/mol. The summed E-state index contributed by atoms with van der Waals surface area (Å²) in [6.07, 6.45) is 10.5. The third-order valence-corrected chi connectivity index (χ3v) is 9.25. The molecule has 2 aliphatic heterocycles. The molecule has 3 fully saturated rings. The van der Waals surface area contributed by atoms with Gasteiger partial charge in [0.2, 0.25) is 0 Å². The number of aromatic nitrogens is 3. The Balaban J connectivity index is 1.15. The van der Waals surface area contributed by atoms with Gasteiger partial charge in [0, 0.05) is 37.7 Å². The predicted octanol–water partition coefficient (Wildman–Crippen LogP) is 4.58. The highest BCUT2D eigenvalue weighted by atomic mass is 16.4. The zero-order chi connectivity index (χ0) is 25.4. The van der Waals surface area contributed by atoms with Gasteiger partial charge >= 0.3 is 5.97 Å². The molecule has 0 bridgehead atoms. The SMILES string of the molecule is Cc1cccc(C2CN(C(CC3CCC3)C(=O)O)CC2CN2CCC(c3cnc4cccnn34)CC2)c1. The van der Waals surface area contributed by atoms with Crippen molar-refractivity contribution in [3.63, 3.8) is 0 Å². The molecule has 1 aromatic carbocycles. The molecule has 3 atom stereocenters. The number of hydrogen-bond donors (Lipinski definition) is 1. The summed E-state index contributed by atoms with van der Waals surface area (Å²) in [5.74, 6) is 1.25. The number of benzene rings is 1. The molecular formula is C30H39N5O2. The molecule has 7 nitrogen and oxygen atoms in total. The van der Waals surface area contributed by atoms with Crippen molar-refractivity contribution in [3.05, 3.63) is 65.6 Å². The lowest BCUT2D eigenvalue weighted by atomic mass is 9.80. The summed E-state index contributed by atoms with van der Waals surface area (Å²) in [6.45, 7) is 7.03. The van der Waals surface area contributed by atoms with Crippen LogP contribution >= 0.6 is 0 Å². The zero-order valence-corrected chi connectivity index (χ0v) is 21.9. The fourth-order valence-electron chi connectivity index (χ4n) is 6.94. The Hall–Kier alpha value is -2.77. The van der Waals surface area contributed by atoms with Crippen molar-refractivity contribution in [1.82, 2.24) is 24.4 Å². The maximum atomic E-state index is 12.3. The van der Waals surface area contributed by atoms with Crippen molar-refractivity contribution in [2.45, 2.75) is 63.3 Å². The van der Waals surface area contributed by atoms with Crippen LogP contribution in [0.2, 0.25) is 0 Å². The summed E-state index contributed by atoms with van der Waals surface area (Å²) >= 11 is 0. The van der Waals surface area contributed by atoms with Crippen molar-refractivity contribution in [2.75, 3.05) is 32.7 Å². The van der Waals surface area contributed by atoms with Crippen molar-refractivity contribution in [1.29, 1.82) is 0 Å². The number of likely N-dealkylation sites (tertiary alicyclic amines) is 2. The van der Waals surface area contributed by atoms with Gasteiger partial charge < -0.3 is 10.0 Å². The molecule has 4 heterocycles. The summed E-state index contributed by atoms with van der Waals surface area (Å²) in [4.78, 5) is 21.8. The first-order chi connectivity index (χ1) is 18.0. The lowest BCUT2D eigenvalue weighted by Crippen LogP contribution is -2.43. The highest BCUT2D eigenvalue weighted by Gasteiger charge is 2.41. The van der Waals surface area contributed by atoms with Crippen LogP contribution < -0.4 is 0 Å². The third kappa shape index (κ3) is 5.16. The van der Waals surface area contributed by atoms with Crippen LogP contribution in [0.25, 0.3) is 5.65 Å². The highest BCUT2D eigenvalue weighted by molar-refractivity contribution is 5.73. The van der Waals surface area contributed by atoms with Crippen LogP contribution in [0.1, 0.15) is 67.2 Å². The minimum Gasteiger partial charge on any atom is -0.480 e. The number of carboxylic acids is 1. The highest BCUT2D eigenvalue weighted by Crippen LogP contribution is 2.39. The Morgan fingerprint density at radius 2 is 1.95 bits per heavy atom. The average molecular weight is 502 g/mol. The molecule has 3 aromatic rings. The number of fused-ring (bicyclic) bond motifs is 1. The molecule has 196 valence electrons. The molecule has 7 heteroatoms. The molecule has 6 rings (SSSR count). The average Bonchev–Trinajstić information content (AvgIpc) is 3.48. The van der Waals surface area contributed by atoms with Crippen LogP contribution in [0.3, 0.4) is 0 Å². The number of nitrogens with zero attached hydrogens (tertiary/aromatic N) is 5. The van der Waals surface area contributed by atoms with E-state index in [9.17, 15) is 9.90 Å². The summed E-state index contributed by atoms with van der Waals surface area (Å²) in [5.41, 5.74) is 4.79. The monoisotopic (exact) mass is 501 g/mol. The number of hydrogen-bond acceptors (Lipinski definition) is 5. The summed E-state index contributed by atoms with van der Waals surface area (Å²) in [5, 5.41) is 14.7. The molecule has 3 unspecified atom stereocenters. The fourth-order valence-corrected chi connectivity index (χ4v) is 6.94. The van der Waals surface area contributed by atoms with E-state index < -0.39 is 5.97 Å². The maximum Gasteiger partial charge on any atom is 0.320 e. The molecule has 0 spiro atoms. The first kappa shape index (κ1) is 24.6. The van der Waals surface area contributed by atoms with E-state index in [1.807, 2.05) is 29.0 Å². The molecule has 1 aliphatic carbocycles. The van der Waals surface area contributed by atoms with Crippen LogP contribution in [0.15, 0.2) is 48.8 Å². The Morgan fingerprint density at radius 3 is 2.68 bits per heavy atom. The topological polar surface area (TPSA) is 74.0 Å². The van der Waals surface area contributed by atoms with Crippen LogP contribution in [0.5, 0.6) is 0 Å². The number of aliphatic carboxylic acids is 1. The third-order valence-electron chi connectivity index (χ3n) is 9.25. The van der Waals surface area contributed by atoms with Crippen LogP contribution in [0.4, 0.5) is 0 Å². The van der Waals surface area contributed by atoms with Crippen LogP contribution in [-0.2, 0) is 4.79 Å². The maximum absolute atomic E-state index is 12.3. The van der Waals surface area contributed by atoms with Gasteiger partial charge in [-0.2, -0.15) is 5.10 Å². The lowest BCUT2D eigenvalue weighted by molar-refractivity contribution is -0.144. The molecule has 0 radical (unpaired) electrons. The standard InChI is InChI=1S/C30H39N5O2/c1-21-5-2-8-24(15-21)26-20-34(27(30(36)37)16-22-6-3-7-22)19-25(26)18-33-13-10-23(11-14-33)28-17-31-29-9-4-12-32-35(28)29/h2,4-5,8-9,12,15,17,22-23,25-27H,3,6-7,10-11,13-14,16,18-20H2,1H3,(H,36,37). The lowest BCUT2D eigenvalue weighted by Gasteiger charge is -2.34. The number of piperidine rings is 1. The first-order valence-electron chi connectivity index (χ1n) is 14.1. The molecule has 37 heavy (non-hydrogen) atoms.